The Hall–Kier alpha value is -4.02. The largest absolute Gasteiger partial charge is 0.508 e. The third-order valence-corrected chi connectivity index (χ3v) is 8.38. The number of anilines is 1. The van der Waals surface area contributed by atoms with E-state index in [4.69, 9.17) is 0 Å². The number of amides is 2. The van der Waals surface area contributed by atoms with Crippen LogP contribution in [0.3, 0.4) is 0 Å². The smallest absolute Gasteiger partial charge is 0.257 e. The van der Waals surface area contributed by atoms with Gasteiger partial charge in [0, 0.05) is 23.1 Å². The van der Waals surface area contributed by atoms with Crippen molar-refractivity contribution in [2.24, 2.45) is 0 Å². The molecule has 8 nitrogen and oxygen atoms in total. The molecular formula is C25H19N3O5S2. The zero-order valence-electron chi connectivity index (χ0n) is 18.2. The van der Waals surface area contributed by atoms with Gasteiger partial charge in [-0.3, -0.25) is 9.59 Å². The van der Waals surface area contributed by atoms with Crippen molar-refractivity contribution in [2.45, 2.75) is 22.8 Å². The van der Waals surface area contributed by atoms with Gasteiger partial charge in [0.25, 0.3) is 11.8 Å². The Morgan fingerprint density at radius 3 is 2.60 bits per heavy atom. The maximum atomic E-state index is 13.1. The van der Waals surface area contributed by atoms with Gasteiger partial charge in [0.05, 0.1) is 32.6 Å². The Labute approximate surface area is 205 Å². The summed E-state index contributed by atoms with van der Waals surface area (Å²) in [7, 11) is -3.93. The Morgan fingerprint density at radius 2 is 1.80 bits per heavy atom. The van der Waals surface area contributed by atoms with Crippen molar-refractivity contribution in [3.8, 4) is 5.75 Å². The van der Waals surface area contributed by atoms with Crippen LogP contribution in [0.1, 0.15) is 36.2 Å². The molecule has 0 bridgehead atoms. The minimum atomic E-state index is -3.93. The lowest BCUT2D eigenvalue weighted by Crippen LogP contribution is -2.22. The molecular weight excluding hydrogens is 486 g/mol. The predicted octanol–water partition coefficient (Wildman–Crippen LogP) is 3.77. The van der Waals surface area contributed by atoms with Crippen molar-refractivity contribution in [1.29, 1.82) is 0 Å². The summed E-state index contributed by atoms with van der Waals surface area (Å²) in [5, 5.41) is 15.7. The summed E-state index contributed by atoms with van der Waals surface area (Å²) < 4.78 is 26.2. The summed E-state index contributed by atoms with van der Waals surface area (Å²) in [5.74, 6) is -0.753. The van der Waals surface area contributed by atoms with Crippen LogP contribution in [-0.4, -0.2) is 30.3 Å². The first-order chi connectivity index (χ1) is 16.8. The third-order valence-electron chi connectivity index (χ3n) is 5.52. The molecule has 10 heteroatoms. The normalized spacial score (nSPS) is 13.8. The van der Waals surface area contributed by atoms with Gasteiger partial charge >= 0.3 is 0 Å². The molecule has 1 aliphatic rings. The lowest BCUT2D eigenvalue weighted by atomic mass is 10.1. The maximum absolute atomic E-state index is 13.1. The second-order valence-corrected chi connectivity index (χ2v) is 11.0. The number of phenolic OH excluding ortho intramolecular Hbond substituents is 1. The fourth-order valence-electron chi connectivity index (χ4n) is 3.77. The van der Waals surface area contributed by atoms with Crippen LogP contribution in [0.5, 0.6) is 5.75 Å². The quantitative estimate of drug-likeness (QED) is 0.379. The number of nitrogens with one attached hydrogen (secondary N) is 2. The number of aromatic nitrogens is 1. The van der Waals surface area contributed by atoms with Crippen molar-refractivity contribution < 1.29 is 23.1 Å². The first-order valence-electron chi connectivity index (χ1n) is 10.6. The summed E-state index contributed by atoms with van der Waals surface area (Å²) in [4.78, 5) is 30.5. The number of thiazole rings is 1. The minimum Gasteiger partial charge on any atom is -0.508 e. The summed E-state index contributed by atoms with van der Waals surface area (Å²) in [5.41, 5.74) is 1.35. The number of fused-ring (bicyclic) bond motifs is 2. The number of nitrogens with zero attached hydrogens (tertiary/aromatic N) is 1. The lowest BCUT2D eigenvalue weighted by molar-refractivity contribution is 0.0949. The first kappa shape index (κ1) is 22.8. The third kappa shape index (κ3) is 4.53. The van der Waals surface area contributed by atoms with Crippen molar-refractivity contribution in [3.63, 3.8) is 0 Å². The van der Waals surface area contributed by atoms with Crippen LogP contribution >= 0.6 is 11.3 Å². The number of carbonyl (C=O) groups is 2. The van der Waals surface area contributed by atoms with Gasteiger partial charge in [-0.25, -0.2) is 13.4 Å². The molecule has 2 amide bonds. The highest BCUT2D eigenvalue weighted by molar-refractivity contribution is 7.91. The number of hydrogen-bond donors (Lipinski definition) is 3. The highest BCUT2D eigenvalue weighted by Crippen LogP contribution is 2.34. The summed E-state index contributed by atoms with van der Waals surface area (Å²) >= 11 is 1.46. The molecule has 3 N–H and O–H groups in total. The molecule has 35 heavy (non-hydrogen) atoms. The van der Waals surface area contributed by atoms with Crippen molar-refractivity contribution in [3.05, 3.63) is 99.5 Å². The molecule has 1 aromatic heterocycles. The van der Waals surface area contributed by atoms with Crippen LogP contribution in [0.25, 0.3) is 0 Å². The summed E-state index contributed by atoms with van der Waals surface area (Å²) in [6.45, 7) is 0.249. The average Bonchev–Trinajstić information content (AvgIpc) is 3.28. The highest BCUT2D eigenvalue weighted by Gasteiger charge is 2.31. The van der Waals surface area contributed by atoms with Crippen molar-refractivity contribution >= 4 is 38.7 Å². The van der Waals surface area contributed by atoms with Crippen LogP contribution in [0.15, 0.2) is 82.7 Å². The SMILES string of the molecule is O=C(NCc1cnc(Cc2ccc(O)cc2)s1)c1ccc2c(c1)NC(=O)c1ccccc1S2(=O)=O. The van der Waals surface area contributed by atoms with Gasteiger partial charge in [0.1, 0.15) is 5.75 Å². The van der Waals surface area contributed by atoms with E-state index < -0.39 is 21.7 Å². The monoisotopic (exact) mass is 505 g/mol. The Kier molecular flexibility index (Phi) is 5.83. The average molecular weight is 506 g/mol. The van der Waals surface area contributed by atoms with Gasteiger partial charge in [-0.1, -0.05) is 24.3 Å². The van der Waals surface area contributed by atoms with E-state index in [0.29, 0.717) is 6.42 Å². The van der Waals surface area contributed by atoms with E-state index >= 15 is 0 Å². The topological polar surface area (TPSA) is 125 Å². The van der Waals surface area contributed by atoms with Crippen LogP contribution in [0.2, 0.25) is 0 Å². The Morgan fingerprint density at radius 1 is 1.03 bits per heavy atom. The number of phenols is 1. The molecule has 176 valence electrons. The number of benzene rings is 3. The van der Waals surface area contributed by atoms with E-state index in [1.54, 1.807) is 30.5 Å². The molecule has 4 aromatic rings. The molecule has 0 atom stereocenters. The van der Waals surface area contributed by atoms with E-state index in [0.717, 1.165) is 15.4 Å². The molecule has 0 saturated heterocycles. The molecule has 0 fully saturated rings. The Bertz CT molecular complexity index is 1560. The second kappa shape index (κ2) is 8.97. The molecule has 5 rings (SSSR count). The van der Waals surface area contributed by atoms with Gasteiger partial charge in [0.15, 0.2) is 0 Å². The molecule has 1 aliphatic heterocycles. The number of carbonyl (C=O) groups excluding carboxylic acids is 2. The van der Waals surface area contributed by atoms with E-state index in [9.17, 15) is 23.1 Å². The Balaban J connectivity index is 1.30. The van der Waals surface area contributed by atoms with Crippen LogP contribution in [0, 0.1) is 0 Å². The second-order valence-electron chi connectivity index (χ2n) is 7.91. The molecule has 2 heterocycles. The predicted molar refractivity (Wildman–Crippen MR) is 130 cm³/mol. The molecule has 3 aromatic carbocycles. The highest BCUT2D eigenvalue weighted by atomic mass is 32.2. The standard InChI is InChI=1S/C25H19N3O5S2/c29-17-8-5-15(6-9-17)11-23-26-13-18(34-23)14-27-24(30)16-7-10-22-20(12-16)28-25(31)19-3-1-2-4-21(19)35(22,32)33/h1-10,12-13,29H,11,14H2,(H,27,30)(H,28,31). The van der Waals surface area contributed by atoms with E-state index in [1.165, 1.54) is 41.7 Å². The van der Waals surface area contributed by atoms with Gasteiger partial charge in [0.2, 0.25) is 9.84 Å². The fraction of sp³-hybridized carbons (Fsp3) is 0.0800. The van der Waals surface area contributed by atoms with Crippen molar-refractivity contribution in [1.82, 2.24) is 10.3 Å². The summed E-state index contributed by atoms with van der Waals surface area (Å²) in [6, 6.07) is 17.0. The van der Waals surface area contributed by atoms with E-state index in [2.05, 4.69) is 15.6 Å². The molecule has 0 spiro atoms. The van der Waals surface area contributed by atoms with Crippen LogP contribution < -0.4 is 10.6 Å². The molecule has 0 unspecified atom stereocenters. The van der Waals surface area contributed by atoms with E-state index in [1.807, 2.05) is 12.1 Å². The lowest BCUT2D eigenvalue weighted by Gasteiger charge is -2.10. The first-order valence-corrected chi connectivity index (χ1v) is 12.9. The number of sulfone groups is 1. The van der Waals surface area contributed by atoms with Gasteiger partial charge in [-0.15, -0.1) is 11.3 Å². The van der Waals surface area contributed by atoms with Crippen LogP contribution in [0.4, 0.5) is 5.69 Å². The van der Waals surface area contributed by atoms with Crippen LogP contribution in [-0.2, 0) is 22.8 Å². The van der Waals surface area contributed by atoms with Gasteiger partial charge < -0.3 is 15.7 Å². The van der Waals surface area contributed by atoms with E-state index in [-0.39, 0.29) is 38.9 Å². The maximum Gasteiger partial charge on any atom is 0.257 e. The molecule has 0 aliphatic carbocycles. The zero-order valence-corrected chi connectivity index (χ0v) is 19.8. The molecule has 0 radical (unpaired) electrons. The zero-order chi connectivity index (χ0) is 24.6. The summed E-state index contributed by atoms with van der Waals surface area (Å²) in [6.07, 6.45) is 2.31. The fourth-order valence-corrected chi connectivity index (χ4v) is 6.26. The van der Waals surface area contributed by atoms with Crippen molar-refractivity contribution in [2.75, 3.05) is 5.32 Å². The molecule has 0 saturated carbocycles. The van der Waals surface area contributed by atoms with Gasteiger partial charge in [-0.2, -0.15) is 0 Å². The number of rotatable bonds is 5. The number of hydrogen-bond acceptors (Lipinski definition) is 7. The minimum absolute atomic E-state index is 0.0583. The van der Waals surface area contributed by atoms with Gasteiger partial charge in [-0.05, 0) is 48.0 Å². The number of aromatic hydroxyl groups is 1.